The second-order valence-corrected chi connectivity index (χ2v) is 15.2. The summed E-state index contributed by atoms with van der Waals surface area (Å²) < 4.78 is 0. The fraction of sp³-hybridized carbons (Fsp3) is 0.0769. The molecule has 0 amide bonds. The third kappa shape index (κ3) is 6.98. The van der Waals surface area contributed by atoms with Crippen LogP contribution in [-0.4, -0.2) is 31.0 Å². The van der Waals surface area contributed by atoms with Crippen LogP contribution in [0.2, 0.25) is 0 Å². The number of carbonyl (C=O) groups is 1. The number of carboxylic acid groups (broad SMARTS) is 1. The zero-order valence-electron chi connectivity index (χ0n) is 33.1. The molecule has 7 aromatic rings. The van der Waals surface area contributed by atoms with Crippen molar-refractivity contribution in [3.05, 3.63) is 178 Å². The minimum absolute atomic E-state index is 0.393. The monoisotopic (exact) mass is 765 g/mol. The first-order valence-electron chi connectivity index (χ1n) is 19.5. The van der Waals surface area contributed by atoms with Crippen molar-refractivity contribution in [2.75, 3.05) is 0 Å². The Morgan fingerprint density at radius 3 is 1.25 bits per heavy atom. The predicted molar refractivity (Wildman–Crippen MR) is 240 cm³/mol. The van der Waals surface area contributed by atoms with Crippen LogP contribution in [0, 0.1) is 39.0 Å². The van der Waals surface area contributed by atoms with E-state index in [0.717, 1.165) is 100 Å². The summed E-state index contributed by atoms with van der Waals surface area (Å²) in [7, 11) is 0. The van der Waals surface area contributed by atoms with Gasteiger partial charge in [0, 0.05) is 49.9 Å². The number of benzene rings is 4. The highest BCUT2D eigenvalue weighted by Gasteiger charge is 2.23. The molecule has 0 fully saturated rings. The van der Waals surface area contributed by atoms with E-state index in [2.05, 4.69) is 134 Å². The lowest BCUT2D eigenvalue weighted by atomic mass is 9.97. The summed E-state index contributed by atoms with van der Waals surface area (Å²) in [6, 6.07) is 43.6. The second-order valence-electron chi connectivity index (χ2n) is 15.2. The van der Waals surface area contributed by atoms with Gasteiger partial charge in [0.15, 0.2) is 0 Å². The Hall–Kier alpha value is -7.82. The maximum absolute atomic E-state index is 12.4. The first-order chi connectivity index (χ1) is 28.6. The normalized spacial score (nSPS) is 12.3. The van der Waals surface area contributed by atoms with Gasteiger partial charge in [0.05, 0.1) is 22.8 Å². The highest BCUT2D eigenvalue weighted by molar-refractivity contribution is 6.06. The molecule has 3 N–H and O–H groups in total. The van der Waals surface area contributed by atoms with Crippen LogP contribution in [0.3, 0.4) is 0 Å². The average molecular weight is 766 g/mol. The number of hydrogen-bond donors (Lipinski definition) is 3. The number of hydrogen-bond acceptors (Lipinski definition) is 4. The smallest absolute Gasteiger partial charge is 0.346 e. The first-order valence-corrected chi connectivity index (χ1v) is 19.5. The van der Waals surface area contributed by atoms with Crippen molar-refractivity contribution in [2.45, 2.75) is 27.7 Å². The van der Waals surface area contributed by atoms with Gasteiger partial charge in [-0.15, -0.1) is 0 Å². The molecular formula is C52H39N5O2. The number of H-pyrrole nitrogens is 2. The number of aliphatic carboxylic acids is 1. The molecule has 0 spiro atoms. The summed E-state index contributed by atoms with van der Waals surface area (Å²) in [6.07, 6.45) is 7.49. The lowest BCUT2D eigenvalue weighted by Gasteiger charge is -2.08. The van der Waals surface area contributed by atoms with Crippen LogP contribution in [0.1, 0.15) is 45.0 Å². The summed E-state index contributed by atoms with van der Waals surface area (Å²) >= 11 is 0. The second kappa shape index (κ2) is 14.9. The maximum atomic E-state index is 12.4. The third-order valence-corrected chi connectivity index (χ3v) is 10.9. The molecule has 284 valence electrons. The molecule has 7 nitrogen and oxygen atoms in total. The minimum Gasteiger partial charge on any atom is -0.477 e. The van der Waals surface area contributed by atoms with Gasteiger partial charge in [0.25, 0.3) is 0 Å². The summed E-state index contributed by atoms with van der Waals surface area (Å²) in [5.41, 5.74) is 18.0. The Bertz CT molecular complexity index is 3130. The van der Waals surface area contributed by atoms with Crippen molar-refractivity contribution in [1.29, 1.82) is 5.26 Å². The number of nitriles is 1. The van der Waals surface area contributed by atoms with Gasteiger partial charge in [-0.25, -0.2) is 14.8 Å². The zero-order chi connectivity index (χ0) is 40.8. The minimum atomic E-state index is -1.31. The molecule has 0 saturated carbocycles. The van der Waals surface area contributed by atoms with Crippen LogP contribution in [0.5, 0.6) is 0 Å². The van der Waals surface area contributed by atoms with Crippen molar-refractivity contribution in [1.82, 2.24) is 19.9 Å². The van der Waals surface area contributed by atoms with Crippen LogP contribution in [0.25, 0.3) is 90.4 Å². The van der Waals surface area contributed by atoms with E-state index in [1.165, 1.54) is 6.08 Å². The molecule has 0 unspecified atom stereocenters. The van der Waals surface area contributed by atoms with E-state index in [-0.39, 0.29) is 0 Å². The van der Waals surface area contributed by atoms with E-state index in [9.17, 15) is 15.2 Å². The van der Waals surface area contributed by atoms with E-state index in [0.29, 0.717) is 17.0 Å². The Labute approximate surface area is 342 Å². The Kier molecular flexibility index (Phi) is 9.31. The van der Waals surface area contributed by atoms with Gasteiger partial charge in [-0.3, -0.25) is 0 Å². The number of aromatic nitrogens is 4. The van der Waals surface area contributed by atoms with Gasteiger partial charge in [-0.1, -0.05) is 119 Å². The van der Waals surface area contributed by atoms with E-state index >= 15 is 0 Å². The molecule has 0 radical (unpaired) electrons. The molecule has 0 aliphatic carbocycles. The highest BCUT2D eigenvalue weighted by atomic mass is 16.4. The molecule has 9 rings (SSSR count). The molecule has 5 heterocycles. The summed E-state index contributed by atoms with van der Waals surface area (Å²) in [6.45, 7) is 8.25. The number of allylic oxidation sites excluding steroid dienone is 2. The number of aryl methyl sites for hydroxylation is 4. The topological polar surface area (TPSA) is 118 Å². The van der Waals surface area contributed by atoms with Crippen LogP contribution < -0.4 is 0 Å². The molecular weight excluding hydrogens is 727 g/mol. The number of nitrogens with zero attached hydrogens (tertiary/aromatic N) is 3. The maximum Gasteiger partial charge on any atom is 0.346 e. The van der Waals surface area contributed by atoms with E-state index in [1.54, 1.807) is 0 Å². The third-order valence-electron chi connectivity index (χ3n) is 10.9. The van der Waals surface area contributed by atoms with Crippen LogP contribution in [0.15, 0.2) is 133 Å². The summed E-state index contributed by atoms with van der Waals surface area (Å²) in [4.78, 5) is 30.7. The van der Waals surface area contributed by atoms with Gasteiger partial charge in [0.1, 0.15) is 11.6 Å². The highest BCUT2D eigenvalue weighted by Crippen LogP contribution is 2.41. The Morgan fingerprint density at radius 1 is 0.525 bits per heavy atom. The lowest BCUT2D eigenvalue weighted by Crippen LogP contribution is -1.98. The first kappa shape index (κ1) is 36.8. The van der Waals surface area contributed by atoms with Crippen LogP contribution in [-0.2, 0) is 4.79 Å². The Balaban J connectivity index is 1.52. The molecule has 3 aromatic heterocycles. The number of carboxylic acids is 1. The zero-order valence-corrected chi connectivity index (χ0v) is 33.1. The lowest BCUT2D eigenvalue weighted by molar-refractivity contribution is -0.132. The number of nitrogens with one attached hydrogen (secondary N) is 2. The molecule has 4 aromatic carbocycles. The largest absolute Gasteiger partial charge is 0.477 e. The fourth-order valence-electron chi connectivity index (χ4n) is 7.81. The van der Waals surface area contributed by atoms with Gasteiger partial charge in [-0.2, -0.15) is 5.26 Å². The molecule has 0 atom stereocenters. The quantitative estimate of drug-likeness (QED) is 0.115. The molecule has 59 heavy (non-hydrogen) atoms. The van der Waals surface area contributed by atoms with Crippen molar-refractivity contribution in [2.24, 2.45) is 0 Å². The van der Waals surface area contributed by atoms with Crippen molar-refractivity contribution >= 4 is 51.8 Å². The van der Waals surface area contributed by atoms with E-state index in [1.807, 2.05) is 49.4 Å². The number of fused-ring (bicyclic) bond motifs is 8. The van der Waals surface area contributed by atoms with Crippen molar-refractivity contribution in [3.8, 4) is 50.6 Å². The molecule has 2 aliphatic heterocycles. The number of aromatic amines is 2. The molecule has 2 aliphatic rings. The van der Waals surface area contributed by atoms with Gasteiger partial charge in [-0.05, 0) is 98.5 Å². The molecule has 7 heteroatoms. The van der Waals surface area contributed by atoms with Crippen molar-refractivity contribution < 1.29 is 9.90 Å². The summed E-state index contributed by atoms with van der Waals surface area (Å²) in [5.74, 6) is -1.31. The van der Waals surface area contributed by atoms with Crippen molar-refractivity contribution in [3.63, 3.8) is 0 Å². The van der Waals surface area contributed by atoms with Gasteiger partial charge >= 0.3 is 5.97 Å². The molecule has 8 bridgehead atoms. The number of rotatable bonds is 6. The Morgan fingerprint density at radius 2 is 0.881 bits per heavy atom. The standard InChI is InChI=1S/C52H39N5O2/c1-30-5-13-34(14-6-30)47-40-21-22-41(54-40)48(35-15-7-31(2)8-16-35)43-25-26-45(56-43)50(37-19-11-33(4)12-20-37)51-38(27-39(29-53)52(58)59)28-46(57-51)49(44-24-23-42(47)55-44)36-17-9-32(3)10-18-36/h5-28,55-56H,1-4H3,(H,58,59)/b39-27+,47-40?,47-42?,48-41?,48-43?,49-44?,49-46?,50-45?,51-50?. The molecule has 0 saturated heterocycles. The fourth-order valence-corrected chi connectivity index (χ4v) is 7.81. The van der Waals surface area contributed by atoms with Crippen LogP contribution in [0.4, 0.5) is 0 Å². The predicted octanol–water partition coefficient (Wildman–Crippen LogP) is 12.5. The average Bonchev–Trinajstić information content (AvgIpc) is 4.07. The van der Waals surface area contributed by atoms with Gasteiger partial charge < -0.3 is 15.1 Å². The SMILES string of the molecule is Cc1ccc(-c2c3nc(c(-c4ccc(C)cc4)c4ccc([nH]4)c(-c4ccc(C)cc4)c4nc(c(-c5ccc(C)cc5)c5ccc2[nH]5)C=C4/C=C(\C#N)C(=O)O)C=C3)cc1. The van der Waals surface area contributed by atoms with Crippen LogP contribution >= 0.6 is 0 Å². The van der Waals surface area contributed by atoms with Gasteiger partial charge in [0.2, 0.25) is 0 Å². The summed E-state index contributed by atoms with van der Waals surface area (Å²) in [5, 5.41) is 20.1. The van der Waals surface area contributed by atoms with E-state index < -0.39 is 11.5 Å². The van der Waals surface area contributed by atoms with E-state index in [4.69, 9.17) is 9.97 Å².